The number of nitrogens with one attached hydrogen (secondary N) is 1. The molecular formula is C44H69N7O9S. The molecule has 0 aliphatic carbocycles. The van der Waals surface area contributed by atoms with Crippen LogP contribution >= 0.6 is 11.3 Å². The molecule has 0 saturated carbocycles. The molecule has 3 aromatic rings. The zero-order valence-electron chi connectivity index (χ0n) is 36.8. The Balaban J connectivity index is 0.00000704. The molecule has 0 radical (unpaired) electrons. The molecule has 1 amide bonds. The van der Waals surface area contributed by atoms with E-state index in [9.17, 15) is 19.5 Å². The number of aliphatic hydroxyl groups is 1. The number of aromatic nitrogens is 4. The molecule has 16 nitrogen and oxygen atoms in total. The fourth-order valence-corrected chi connectivity index (χ4v) is 10.1. The molecule has 3 fully saturated rings. The van der Waals surface area contributed by atoms with Crippen LogP contribution < -0.4 is 5.32 Å². The monoisotopic (exact) mass is 871 g/mol. The number of carbonyl (C=O) groups excluding carboxylic acids is 3. The molecule has 1 aromatic carbocycles. The quantitative estimate of drug-likeness (QED) is 0.136. The molecule has 3 aliphatic rings. The normalized spacial score (nSPS) is 34.4. The number of hydrogen-bond acceptors (Lipinski definition) is 15. The fourth-order valence-electron chi connectivity index (χ4n) is 9.20. The molecule has 61 heavy (non-hydrogen) atoms. The molecule has 6 rings (SSSR count). The highest BCUT2D eigenvalue weighted by Gasteiger charge is 2.58. The van der Waals surface area contributed by atoms with Crippen LogP contribution in [0.1, 0.15) is 94.4 Å². The topological polar surface area (TPSA) is 180 Å². The van der Waals surface area contributed by atoms with Crippen molar-refractivity contribution in [2.24, 2.45) is 11.8 Å². The minimum atomic E-state index is -1.22. The second kappa shape index (κ2) is 20.3. The number of ketones is 1. The summed E-state index contributed by atoms with van der Waals surface area (Å²) >= 11 is 1.58. The van der Waals surface area contributed by atoms with E-state index in [1.54, 1.807) is 28.0 Å². The summed E-state index contributed by atoms with van der Waals surface area (Å²) in [6.45, 7) is 14.7. The zero-order chi connectivity index (χ0) is 43.5. The summed E-state index contributed by atoms with van der Waals surface area (Å²) in [5.41, 5.74) is -0.592. The third-order valence-corrected chi connectivity index (χ3v) is 13.8. The van der Waals surface area contributed by atoms with E-state index in [0.717, 1.165) is 27.3 Å². The first-order valence-electron chi connectivity index (χ1n) is 21.4. The van der Waals surface area contributed by atoms with Gasteiger partial charge in [0.2, 0.25) is 0 Å². The highest BCUT2D eigenvalue weighted by molar-refractivity contribution is 7.21. The van der Waals surface area contributed by atoms with E-state index in [0.29, 0.717) is 45.3 Å². The smallest absolute Gasteiger partial charge is 0.410 e. The number of amides is 1. The van der Waals surface area contributed by atoms with Crippen molar-refractivity contribution < 1.29 is 43.2 Å². The van der Waals surface area contributed by atoms with Gasteiger partial charge in [-0.1, -0.05) is 38.6 Å². The number of esters is 1. The summed E-state index contributed by atoms with van der Waals surface area (Å²) in [4.78, 5) is 50.2. The number of cyclic esters (lactones) is 1. The van der Waals surface area contributed by atoms with Crippen LogP contribution in [-0.2, 0) is 39.8 Å². The predicted octanol–water partition coefficient (Wildman–Crippen LogP) is 5.70. The number of methoxy groups -OCH3 is 1. The van der Waals surface area contributed by atoms with E-state index >= 15 is 0 Å². The highest BCUT2D eigenvalue weighted by Crippen LogP contribution is 2.39. The van der Waals surface area contributed by atoms with Gasteiger partial charge in [0.15, 0.2) is 11.9 Å². The van der Waals surface area contributed by atoms with Crippen LogP contribution in [0.4, 0.5) is 4.79 Å². The molecule has 12 atom stereocenters. The fraction of sp³-hybridized carbons (Fsp3) is 0.727. The number of aryl methyl sites for hydroxylation is 1. The number of nitrogens with zero attached hydrogens (tertiary/aromatic N) is 6. The number of unbranched alkanes of at least 4 members (excludes halogenated alkanes) is 1. The molecule has 3 aliphatic heterocycles. The number of fused-ring (bicyclic) bond motifs is 2. The van der Waals surface area contributed by atoms with E-state index in [1.165, 1.54) is 6.92 Å². The first-order valence-corrected chi connectivity index (χ1v) is 22.2. The van der Waals surface area contributed by atoms with Gasteiger partial charge in [0.1, 0.15) is 34.6 Å². The molecular weight excluding hydrogens is 803 g/mol. The van der Waals surface area contributed by atoms with Crippen LogP contribution in [0.3, 0.4) is 0 Å². The Labute approximate surface area is 365 Å². The maximum Gasteiger partial charge on any atom is 0.410 e. The van der Waals surface area contributed by atoms with Crippen molar-refractivity contribution >= 4 is 39.4 Å². The molecule has 0 bridgehead atoms. The average Bonchev–Trinajstić information content (AvgIpc) is 3.93. The predicted molar refractivity (Wildman–Crippen MR) is 233 cm³/mol. The van der Waals surface area contributed by atoms with Gasteiger partial charge in [0.05, 0.1) is 40.3 Å². The summed E-state index contributed by atoms with van der Waals surface area (Å²) in [5.74, 6) is -2.26. The van der Waals surface area contributed by atoms with E-state index < -0.39 is 65.6 Å². The molecule has 340 valence electrons. The first kappa shape index (κ1) is 48.5. The van der Waals surface area contributed by atoms with E-state index in [1.807, 2.05) is 84.1 Å². The van der Waals surface area contributed by atoms with Crippen molar-refractivity contribution in [2.45, 2.75) is 161 Å². The summed E-state index contributed by atoms with van der Waals surface area (Å²) in [6.07, 6.45) is 0.148. The van der Waals surface area contributed by atoms with Gasteiger partial charge in [-0.15, -0.1) is 16.4 Å². The Bertz CT molecular complexity index is 1910. The summed E-state index contributed by atoms with van der Waals surface area (Å²) < 4.78 is 34.2. The number of ether oxygens (including phenoxy) is 5. The zero-order valence-corrected chi connectivity index (χ0v) is 37.6. The van der Waals surface area contributed by atoms with Crippen LogP contribution in [0.25, 0.3) is 20.9 Å². The third-order valence-electron chi connectivity index (χ3n) is 12.8. The molecule has 2 aromatic heterocycles. The van der Waals surface area contributed by atoms with Gasteiger partial charge in [-0.3, -0.25) is 19.2 Å². The minimum absolute atomic E-state index is 0. The van der Waals surface area contributed by atoms with Crippen LogP contribution in [0.5, 0.6) is 0 Å². The molecule has 2 N–H and O–H groups in total. The number of likely N-dealkylation sites (N-methyl/N-ethyl adjacent to an activating group) is 1. The Morgan fingerprint density at radius 2 is 1.80 bits per heavy atom. The van der Waals surface area contributed by atoms with Crippen LogP contribution in [0.15, 0.2) is 30.5 Å². The number of hydrogen-bond donors (Lipinski definition) is 2. The van der Waals surface area contributed by atoms with Crippen molar-refractivity contribution in [2.75, 3.05) is 34.3 Å². The summed E-state index contributed by atoms with van der Waals surface area (Å²) in [6, 6.07) is 6.96. The van der Waals surface area contributed by atoms with Gasteiger partial charge < -0.3 is 39.0 Å². The Morgan fingerprint density at radius 3 is 2.49 bits per heavy atom. The lowest BCUT2D eigenvalue weighted by Gasteiger charge is -2.45. The SMILES string of the molecule is C.CC[C@H]1OC(=O)[C@H](C)C(=O)C[C@@H](O[C@@H]2O[C@H](C)CC(N(C)C)C2O)[C@](C)(OC)C[C@@H](C)CN[C@H](C)[C@H]2N(CCCCn3cc(-c4nc5ccccc5s4)nn3)C(=O)O[C@]12C. The number of aliphatic hydroxyl groups excluding tert-OH is 1. The van der Waals surface area contributed by atoms with Crippen molar-refractivity contribution in [1.82, 2.24) is 35.1 Å². The Morgan fingerprint density at radius 1 is 1.08 bits per heavy atom. The lowest BCUT2D eigenvalue weighted by molar-refractivity contribution is -0.289. The molecule has 2 unspecified atom stereocenters. The van der Waals surface area contributed by atoms with E-state index in [4.69, 9.17) is 28.7 Å². The molecule has 0 spiro atoms. The maximum absolute atomic E-state index is 14.1. The van der Waals surface area contributed by atoms with Crippen LogP contribution in [-0.4, -0.2) is 147 Å². The van der Waals surface area contributed by atoms with Gasteiger partial charge in [-0.05, 0) is 105 Å². The summed E-state index contributed by atoms with van der Waals surface area (Å²) in [7, 11) is 5.39. The molecule has 3 saturated heterocycles. The number of Topliss-reactive ketones (excluding diaryl/α,β-unsaturated/α-hetero) is 1. The average molecular weight is 872 g/mol. The second-order valence-electron chi connectivity index (χ2n) is 17.7. The minimum Gasteiger partial charge on any atom is -0.458 e. The van der Waals surface area contributed by atoms with Crippen molar-refractivity contribution in [3.63, 3.8) is 0 Å². The van der Waals surface area contributed by atoms with E-state index in [-0.39, 0.29) is 38.0 Å². The van der Waals surface area contributed by atoms with Crippen molar-refractivity contribution in [3.05, 3.63) is 30.5 Å². The first-order chi connectivity index (χ1) is 28.5. The van der Waals surface area contributed by atoms with Gasteiger partial charge >= 0.3 is 12.1 Å². The van der Waals surface area contributed by atoms with Crippen LogP contribution in [0, 0.1) is 11.8 Å². The largest absolute Gasteiger partial charge is 0.458 e. The lowest BCUT2D eigenvalue weighted by Crippen LogP contribution is -2.61. The number of carbonyl (C=O) groups is 3. The second-order valence-corrected chi connectivity index (χ2v) is 18.7. The number of thiazole rings is 1. The molecule has 17 heteroatoms. The van der Waals surface area contributed by atoms with Crippen molar-refractivity contribution in [1.29, 1.82) is 0 Å². The van der Waals surface area contributed by atoms with Gasteiger partial charge in [-0.25, -0.2) is 9.78 Å². The molecule has 5 heterocycles. The third kappa shape index (κ3) is 10.6. The highest BCUT2D eigenvalue weighted by atomic mass is 32.1. The Hall–Kier alpha value is -3.58. The number of rotatable bonds is 11. The van der Waals surface area contributed by atoms with Gasteiger partial charge in [-0.2, -0.15) is 0 Å². The Kier molecular flexibility index (Phi) is 16.1. The standard InChI is InChI=1S/C43H65N7O9S.CH4/c1-11-34-43(7)37(50(41(54)59-43)19-15-14-18-49-24-30(46-47-49)38-45-29-16-12-13-17-33(29)60-38)28(5)44-23-25(2)22-42(6,55-10)35(21-32(51)27(4)39(53)57-34)58-40-36(52)31(48(8)9)20-26(3)56-40;/h12-13,16-17,24-28,31,34-37,40,44,52H,11,14-15,18-23H2,1-10H3;1H4/t25-,26-,27-,28-,31?,34-,35-,36?,37-,40+,42-,43-;/m1./s1. The lowest BCUT2D eigenvalue weighted by atomic mass is 9.83. The maximum atomic E-state index is 14.1. The number of benzene rings is 1. The van der Waals surface area contributed by atoms with E-state index in [2.05, 4.69) is 22.6 Å². The summed E-state index contributed by atoms with van der Waals surface area (Å²) in [5, 5.41) is 24.6. The van der Waals surface area contributed by atoms with Crippen molar-refractivity contribution in [3.8, 4) is 10.7 Å². The van der Waals surface area contributed by atoms with Gasteiger partial charge in [0.25, 0.3) is 0 Å². The van der Waals surface area contributed by atoms with Gasteiger partial charge in [0, 0.05) is 38.7 Å². The van der Waals surface area contributed by atoms with Crippen LogP contribution in [0.2, 0.25) is 0 Å². The number of para-hydroxylation sites is 1.